The van der Waals surface area contributed by atoms with Gasteiger partial charge in [-0.15, -0.1) is 0 Å². The second kappa shape index (κ2) is 7.81. The number of nitrogens with one attached hydrogen (secondary N) is 1. The Bertz CT molecular complexity index is 966. The van der Waals surface area contributed by atoms with Gasteiger partial charge in [0.1, 0.15) is 5.82 Å². The zero-order chi connectivity index (χ0) is 18.5. The fraction of sp³-hybridized carbons (Fsp3) is 0.0476. The van der Waals surface area contributed by atoms with Crippen molar-refractivity contribution in [3.8, 4) is 6.07 Å². The first kappa shape index (κ1) is 17.7. The average molecular weight is 365 g/mol. The second-order valence-corrected chi connectivity index (χ2v) is 6.08. The van der Waals surface area contributed by atoms with E-state index in [-0.39, 0.29) is 5.91 Å². The summed E-state index contributed by atoms with van der Waals surface area (Å²) in [6.45, 7) is 0. The highest BCUT2D eigenvalue weighted by Crippen LogP contribution is 2.31. The number of rotatable bonds is 4. The molecule has 0 saturated carbocycles. The molecule has 0 aromatic heterocycles. The molecule has 5 heteroatoms. The summed E-state index contributed by atoms with van der Waals surface area (Å²) in [6, 6.07) is 21.9. The predicted molar refractivity (Wildman–Crippen MR) is 99.7 cm³/mol. The van der Waals surface area contributed by atoms with E-state index in [1.165, 1.54) is 24.3 Å². The van der Waals surface area contributed by atoms with Crippen LogP contribution in [0.25, 0.3) is 0 Å². The van der Waals surface area contributed by atoms with Gasteiger partial charge in [0.2, 0.25) is 0 Å². The van der Waals surface area contributed by atoms with E-state index in [1.807, 2.05) is 30.3 Å². The Morgan fingerprint density at radius 3 is 2.35 bits per heavy atom. The van der Waals surface area contributed by atoms with Crippen molar-refractivity contribution in [3.05, 3.63) is 100 Å². The molecule has 1 amide bonds. The highest BCUT2D eigenvalue weighted by atomic mass is 35.5. The molecule has 1 N–H and O–H groups in total. The molecular weight excluding hydrogens is 351 g/mol. The van der Waals surface area contributed by atoms with Gasteiger partial charge >= 0.3 is 0 Å². The second-order valence-electron chi connectivity index (χ2n) is 5.67. The minimum absolute atomic E-state index is 0.339. The third kappa shape index (κ3) is 3.90. The van der Waals surface area contributed by atoms with E-state index in [1.54, 1.807) is 18.2 Å². The molecule has 0 aliphatic carbocycles. The first-order valence-electron chi connectivity index (χ1n) is 7.89. The first-order valence-corrected chi connectivity index (χ1v) is 8.27. The van der Waals surface area contributed by atoms with Crippen LogP contribution in [0.15, 0.2) is 72.8 Å². The fourth-order valence-corrected chi connectivity index (χ4v) is 2.90. The maximum absolute atomic E-state index is 12.9. The number of hydrogen-bond acceptors (Lipinski definition) is 2. The fourth-order valence-electron chi connectivity index (χ4n) is 2.61. The van der Waals surface area contributed by atoms with Gasteiger partial charge < -0.3 is 5.32 Å². The number of anilines is 1. The molecule has 1 atom stereocenters. The number of amides is 1. The average Bonchev–Trinajstić information content (AvgIpc) is 2.65. The number of carbonyl (C=O) groups is 1. The number of nitriles is 1. The van der Waals surface area contributed by atoms with Crippen LogP contribution in [0.5, 0.6) is 0 Å². The predicted octanol–water partition coefficient (Wildman–Crippen LogP) is 5.39. The van der Waals surface area contributed by atoms with Crippen LogP contribution < -0.4 is 5.32 Å². The van der Waals surface area contributed by atoms with Crippen molar-refractivity contribution in [2.75, 3.05) is 5.32 Å². The minimum Gasteiger partial charge on any atom is -0.322 e. The van der Waals surface area contributed by atoms with Crippen LogP contribution in [0, 0.1) is 17.1 Å². The quantitative estimate of drug-likeness (QED) is 0.675. The Morgan fingerprint density at radius 2 is 1.73 bits per heavy atom. The lowest BCUT2D eigenvalue weighted by Gasteiger charge is -2.13. The summed E-state index contributed by atoms with van der Waals surface area (Å²) in [5.41, 5.74) is 2.35. The summed E-state index contributed by atoms with van der Waals surface area (Å²) in [7, 11) is 0. The Labute approximate surface area is 155 Å². The SMILES string of the molecule is N#CC(c1ccccc1)c1ccc(NC(=O)c2ccc(F)cc2)cc1Cl. The van der Waals surface area contributed by atoms with E-state index in [4.69, 9.17) is 11.6 Å². The molecule has 0 radical (unpaired) electrons. The van der Waals surface area contributed by atoms with Crippen molar-refractivity contribution < 1.29 is 9.18 Å². The largest absolute Gasteiger partial charge is 0.322 e. The van der Waals surface area contributed by atoms with Gasteiger partial charge in [-0.25, -0.2) is 4.39 Å². The Kier molecular flexibility index (Phi) is 5.31. The van der Waals surface area contributed by atoms with Gasteiger partial charge in [0.25, 0.3) is 5.91 Å². The van der Waals surface area contributed by atoms with Crippen molar-refractivity contribution in [1.82, 2.24) is 0 Å². The maximum Gasteiger partial charge on any atom is 0.255 e. The molecule has 3 rings (SSSR count). The molecule has 0 bridgehead atoms. The van der Waals surface area contributed by atoms with Crippen molar-refractivity contribution in [3.63, 3.8) is 0 Å². The third-order valence-electron chi connectivity index (χ3n) is 3.94. The van der Waals surface area contributed by atoms with E-state index >= 15 is 0 Å². The number of benzene rings is 3. The zero-order valence-electron chi connectivity index (χ0n) is 13.6. The zero-order valence-corrected chi connectivity index (χ0v) is 14.4. The summed E-state index contributed by atoms with van der Waals surface area (Å²) >= 11 is 6.35. The molecule has 0 heterocycles. The van der Waals surface area contributed by atoms with Crippen LogP contribution >= 0.6 is 11.6 Å². The molecule has 0 fully saturated rings. The van der Waals surface area contributed by atoms with Gasteiger partial charge in [0.05, 0.1) is 12.0 Å². The van der Waals surface area contributed by atoms with Gasteiger partial charge in [0.15, 0.2) is 0 Å². The van der Waals surface area contributed by atoms with E-state index in [2.05, 4.69) is 11.4 Å². The number of halogens is 2. The molecule has 0 saturated heterocycles. The van der Waals surface area contributed by atoms with Crippen molar-refractivity contribution in [1.29, 1.82) is 5.26 Å². The highest BCUT2D eigenvalue weighted by molar-refractivity contribution is 6.32. The topological polar surface area (TPSA) is 52.9 Å². The molecule has 1 unspecified atom stereocenters. The minimum atomic E-state index is -0.495. The summed E-state index contributed by atoms with van der Waals surface area (Å²) in [5, 5.41) is 12.6. The normalized spacial score (nSPS) is 11.4. The van der Waals surface area contributed by atoms with E-state index in [0.717, 1.165) is 5.56 Å². The van der Waals surface area contributed by atoms with Crippen LogP contribution in [-0.4, -0.2) is 5.91 Å². The highest BCUT2D eigenvalue weighted by Gasteiger charge is 2.17. The third-order valence-corrected chi connectivity index (χ3v) is 4.27. The molecule has 3 aromatic rings. The van der Waals surface area contributed by atoms with Crippen molar-refractivity contribution in [2.24, 2.45) is 0 Å². The van der Waals surface area contributed by atoms with Gasteiger partial charge in [-0.1, -0.05) is 48.0 Å². The van der Waals surface area contributed by atoms with Gasteiger partial charge in [-0.2, -0.15) is 5.26 Å². The Balaban J connectivity index is 1.82. The van der Waals surface area contributed by atoms with Gasteiger partial charge in [0, 0.05) is 16.3 Å². The van der Waals surface area contributed by atoms with Crippen molar-refractivity contribution in [2.45, 2.75) is 5.92 Å². The van der Waals surface area contributed by atoms with E-state index < -0.39 is 11.7 Å². The first-order chi connectivity index (χ1) is 12.6. The summed E-state index contributed by atoms with van der Waals surface area (Å²) in [6.07, 6.45) is 0. The van der Waals surface area contributed by atoms with Gasteiger partial charge in [-0.3, -0.25) is 4.79 Å². The number of nitrogens with zero attached hydrogens (tertiary/aromatic N) is 1. The number of carbonyl (C=O) groups excluding carboxylic acids is 1. The summed E-state index contributed by atoms with van der Waals surface area (Å²) in [4.78, 5) is 12.2. The molecule has 0 spiro atoms. The van der Waals surface area contributed by atoms with Crippen LogP contribution in [-0.2, 0) is 0 Å². The Hall–Kier alpha value is -3.16. The number of hydrogen-bond donors (Lipinski definition) is 1. The maximum atomic E-state index is 12.9. The molecule has 26 heavy (non-hydrogen) atoms. The lowest BCUT2D eigenvalue weighted by Crippen LogP contribution is -2.12. The van der Waals surface area contributed by atoms with Crippen LogP contribution in [0.3, 0.4) is 0 Å². The summed E-state index contributed by atoms with van der Waals surface area (Å²) < 4.78 is 12.9. The van der Waals surface area contributed by atoms with Gasteiger partial charge in [-0.05, 0) is 47.5 Å². The lowest BCUT2D eigenvalue weighted by molar-refractivity contribution is 0.102. The summed E-state index contributed by atoms with van der Waals surface area (Å²) in [5.74, 6) is -1.27. The Morgan fingerprint density at radius 1 is 1.04 bits per heavy atom. The smallest absolute Gasteiger partial charge is 0.255 e. The molecule has 0 aliphatic heterocycles. The molecule has 128 valence electrons. The van der Waals surface area contributed by atoms with Crippen LogP contribution in [0.1, 0.15) is 27.4 Å². The molecular formula is C21H14ClFN2O. The van der Waals surface area contributed by atoms with Crippen LogP contribution in [0.2, 0.25) is 5.02 Å². The standard InChI is InChI=1S/C21H14ClFN2O/c22-20-12-17(25-21(26)15-6-8-16(23)9-7-15)10-11-18(20)19(13-24)14-4-2-1-3-5-14/h1-12,19H,(H,25,26). The monoisotopic (exact) mass is 364 g/mol. The molecule has 3 aromatic carbocycles. The lowest BCUT2D eigenvalue weighted by atomic mass is 9.92. The van der Waals surface area contributed by atoms with E-state index in [9.17, 15) is 14.4 Å². The van der Waals surface area contributed by atoms with Crippen molar-refractivity contribution >= 4 is 23.2 Å². The molecule has 0 aliphatic rings. The molecule has 3 nitrogen and oxygen atoms in total. The van der Waals surface area contributed by atoms with E-state index in [0.29, 0.717) is 21.8 Å². The van der Waals surface area contributed by atoms with Crippen LogP contribution in [0.4, 0.5) is 10.1 Å².